The second kappa shape index (κ2) is 4.50. The minimum atomic E-state index is -2.87. The monoisotopic (exact) mass is 245 g/mol. The Morgan fingerprint density at radius 3 is 2.94 bits per heavy atom. The molecule has 1 aliphatic heterocycles. The highest BCUT2D eigenvalue weighted by atomic mass is 32.2. The van der Waals surface area contributed by atoms with Crippen LogP contribution < -0.4 is 5.73 Å². The summed E-state index contributed by atoms with van der Waals surface area (Å²) in [5.41, 5.74) is 5.36. The molecule has 2 N–H and O–H groups in total. The first-order chi connectivity index (χ1) is 7.59. The minimum absolute atomic E-state index is 0.102. The molecule has 6 nitrogen and oxygen atoms in total. The summed E-state index contributed by atoms with van der Waals surface area (Å²) in [7, 11) is -2.87. The van der Waals surface area contributed by atoms with E-state index in [2.05, 4.69) is 10.1 Å². The Labute approximate surface area is 94.1 Å². The van der Waals surface area contributed by atoms with Crippen molar-refractivity contribution >= 4 is 9.84 Å². The number of sulfone groups is 1. The highest BCUT2D eigenvalue weighted by Crippen LogP contribution is 2.21. The highest BCUT2D eigenvalue weighted by Gasteiger charge is 2.26. The average molecular weight is 245 g/mol. The zero-order valence-corrected chi connectivity index (χ0v) is 9.74. The van der Waals surface area contributed by atoms with E-state index >= 15 is 0 Å². The zero-order valence-electron chi connectivity index (χ0n) is 8.92. The summed E-state index contributed by atoms with van der Waals surface area (Å²) in [6.07, 6.45) is 2.16. The van der Waals surface area contributed by atoms with Crippen LogP contribution in [-0.2, 0) is 22.8 Å². The molecule has 2 heterocycles. The predicted molar refractivity (Wildman–Crippen MR) is 57.3 cm³/mol. The predicted octanol–water partition coefficient (Wildman–Crippen LogP) is -0.104. The van der Waals surface area contributed by atoms with Crippen molar-refractivity contribution in [3.8, 4) is 0 Å². The largest absolute Gasteiger partial charge is 0.339 e. The fourth-order valence-corrected chi connectivity index (χ4v) is 3.76. The second-order valence-corrected chi connectivity index (χ2v) is 6.36. The molecule has 0 bridgehead atoms. The van der Waals surface area contributed by atoms with Crippen molar-refractivity contribution in [2.45, 2.75) is 25.8 Å². The fraction of sp³-hybridized carbons (Fsp3) is 0.778. The molecule has 1 atom stereocenters. The standard InChI is InChI=1S/C9H15N3O3S/c10-5-8-11-9(15-12-8)4-7-2-1-3-16(13,14)6-7/h7H,1-6,10H2. The van der Waals surface area contributed by atoms with Crippen molar-refractivity contribution in [3.63, 3.8) is 0 Å². The smallest absolute Gasteiger partial charge is 0.227 e. The van der Waals surface area contributed by atoms with Gasteiger partial charge in [0.15, 0.2) is 15.7 Å². The Balaban J connectivity index is 1.99. The number of nitrogens with zero attached hydrogens (tertiary/aromatic N) is 2. The summed E-state index contributed by atoms with van der Waals surface area (Å²) in [6.45, 7) is 0.243. The van der Waals surface area contributed by atoms with Gasteiger partial charge in [0.25, 0.3) is 0 Å². The van der Waals surface area contributed by atoms with Gasteiger partial charge in [0.2, 0.25) is 5.89 Å². The molecule has 0 spiro atoms. The van der Waals surface area contributed by atoms with E-state index in [4.69, 9.17) is 10.3 Å². The molecule has 0 amide bonds. The summed E-state index contributed by atoms with van der Waals surface area (Å²) in [5.74, 6) is 1.59. The summed E-state index contributed by atoms with van der Waals surface area (Å²) in [5, 5.41) is 3.68. The van der Waals surface area contributed by atoms with Gasteiger partial charge in [0.1, 0.15) is 0 Å². The lowest BCUT2D eigenvalue weighted by Gasteiger charge is -2.19. The van der Waals surface area contributed by atoms with E-state index in [0.717, 1.165) is 12.8 Å². The number of hydrogen-bond acceptors (Lipinski definition) is 6. The van der Waals surface area contributed by atoms with Crippen molar-refractivity contribution in [2.75, 3.05) is 11.5 Å². The van der Waals surface area contributed by atoms with E-state index in [-0.39, 0.29) is 18.2 Å². The normalized spacial score (nSPS) is 24.4. The lowest BCUT2D eigenvalue weighted by Crippen LogP contribution is -2.26. The molecule has 1 saturated heterocycles. The Bertz CT molecular complexity index is 454. The van der Waals surface area contributed by atoms with Gasteiger partial charge in [-0.25, -0.2) is 8.42 Å². The van der Waals surface area contributed by atoms with Crippen LogP contribution in [0.5, 0.6) is 0 Å². The van der Waals surface area contributed by atoms with E-state index < -0.39 is 9.84 Å². The molecule has 1 unspecified atom stereocenters. The Morgan fingerprint density at radius 1 is 1.50 bits per heavy atom. The third-order valence-corrected chi connectivity index (χ3v) is 4.60. The van der Waals surface area contributed by atoms with Crippen molar-refractivity contribution < 1.29 is 12.9 Å². The van der Waals surface area contributed by atoms with Crippen LogP contribution in [0, 0.1) is 5.92 Å². The Hall–Kier alpha value is -0.950. The molecule has 0 aromatic carbocycles. The van der Waals surface area contributed by atoms with Crippen LogP contribution >= 0.6 is 0 Å². The number of nitrogens with two attached hydrogens (primary N) is 1. The third-order valence-electron chi connectivity index (χ3n) is 2.71. The molecule has 1 aromatic heterocycles. The second-order valence-electron chi connectivity index (χ2n) is 4.14. The highest BCUT2D eigenvalue weighted by molar-refractivity contribution is 7.91. The van der Waals surface area contributed by atoms with Crippen molar-refractivity contribution in [2.24, 2.45) is 11.7 Å². The summed E-state index contributed by atoms with van der Waals surface area (Å²) >= 11 is 0. The molecule has 0 aliphatic carbocycles. The zero-order chi connectivity index (χ0) is 11.6. The first-order valence-corrected chi connectivity index (χ1v) is 7.13. The molecule has 1 aliphatic rings. The van der Waals surface area contributed by atoms with Crippen molar-refractivity contribution in [3.05, 3.63) is 11.7 Å². The van der Waals surface area contributed by atoms with E-state index in [1.54, 1.807) is 0 Å². The first-order valence-electron chi connectivity index (χ1n) is 5.31. The van der Waals surface area contributed by atoms with E-state index in [1.165, 1.54) is 0 Å². The number of hydrogen-bond donors (Lipinski definition) is 1. The van der Waals surface area contributed by atoms with Crippen LogP contribution in [0.2, 0.25) is 0 Å². The lowest BCUT2D eigenvalue weighted by atomic mass is 10.0. The summed E-state index contributed by atoms with van der Waals surface area (Å²) in [4.78, 5) is 4.07. The van der Waals surface area contributed by atoms with Crippen molar-refractivity contribution in [1.29, 1.82) is 0 Å². The van der Waals surface area contributed by atoms with Gasteiger partial charge in [-0.05, 0) is 18.8 Å². The van der Waals surface area contributed by atoms with E-state index in [1.807, 2.05) is 0 Å². The average Bonchev–Trinajstić information content (AvgIpc) is 2.64. The minimum Gasteiger partial charge on any atom is -0.339 e. The van der Waals surface area contributed by atoms with Crippen LogP contribution in [0.4, 0.5) is 0 Å². The first kappa shape index (κ1) is 11.5. The van der Waals surface area contributed by atoms with Crippen LogP contribution in [0.3, 0.4) is 0 Å². The van der Waals surface area contributed by atoms with Gasteiger partial charge in [0.05, 0.1) is 18.1 Å². The molecule has 16 heavy (non-hydrogen) atoms. The van der Waals surface area contributed by atoms with Crippen LogP contribution in [0.15, 0.2) is 4.52 Å². The fourth-order valence-electron chi connectivity index (χ4n) is 1.98. The molecular formula is C9H15N3O3S. The van der Waals surface area contributed by atoms with Crippen molar-refractivity contribution in [1.82, 2.24) is 10.1 Å². The number of rotatable bonds is 3. The molecule has 0 radical (unpaired) electrons. The molecule has 7 heteroatoms. The van der Waals surface area contributed by atoms with Crippen LogP contribution in [0.25, 0.3) is 0 Å². The van der Waals surface area contributed by atoms with Gasteiger partial charge in [-0.3, -0.25) is 0 Å². The molecule has 0 saturated carbocycles. The van der Waals surface area contributed by atoms with Crippen LogP contribution in [-0.4, -0.2) is 30.1 Å². The van der Waals surface area contributed by atoms with Gasteiger partial charge >= 0.3 is 0 Å². The van der Waals surface area contributed by atoms with Gasteiger partial charge in [-0.2, -0.15) is 4.98 Å². The van der Waals surface area contributed by atoms with E-state index in [0.29, 0.717) is 23.9 Å². The molecular weight excluding hydrogens is 230 g/mol. The lowest BCUT2D eigenvalue weighted by molar-refractivity contribution is 0.346. The summed E-state index contributed by atoms with van der Waals surface area (Å²) in [6, 6.07) is 0. The molecule has 2 rings (SSSR count). The van der Waals surface area contributed by atoms with E-state index in [9.17, 15) is 8.42 Å². The SMILES string of the molecule is NCc1noc(CC2CCCS(=O)(=O)C2)n1. The summed E-state index contributed by atoms with van der Waals surface area (Å²) < 4.78 is 27.8. The maximum absolute atomic E-state index is 11.4. The topological polar surface area (TPSA) is 99.1 Å². The quantitative estimate of drug-likeness (QED) is 0.798. The molecule has 90 valence electrons. The van der Waals surface area contributed by atoms with Gasteiger partial charge < -0.3 is 10.3 Å². The Morgan fingerprint density at radius 2 is 2.31 bits per heavy atom. The molecule has 1 fully saturated rings. The third kappa shape index (κ3) is 2.79. The number of aromatic nitrogens is 2. The van der Waals surface area contributed by atoms with Gasteiger partial charge in [0, 0.05) is 6.42 Å². The maximum Gasteiger partial charge on any atom is 0.227 e. The maximum atomic E-state index is 11.4. The Kier molecular flexibility index (Phi) is 3.25. The van der Waals surface area contributed by atoms with Crippen LogP contribution in [0.1, 0.15) is 24.6 Å². The van der Waals surface area contributed by atoms with Gasteiger partial charge in [-0.15, -0.1) is 0 Å². The molecule has 1 aromatic rings. The van der Waals surface area contributed by atoms with Gasteiger partial charge in [-0.1, -0.05) is 5.16 Å².